The molecule has 0 atom stereocenters. The second-order valence-electron chi connectivity index (χ2n) is 3.84. The normalized spacial score (nSPS) is 10.8. The highest BCUT2D eigenvalue weighted by Gasteiger charge is 2.11. The molecule has 5 nitrogen and oxygen atoms in total. The van der Waals surface area contributed by atoms with Crippen LogP contribution in [0.25, 0.3) is 0 Å². The first-order valence-corrected chi connectivity index (χ1v) is 7.39. The van der Waals surface area contributed by atoms with E-state index in [1.54, 1.807) is 4.90 Å². The summed E-state index contributed by atoms with van der Waals surface area (Å²) in [5.74, 6) is 0.308. The van der Waals surface area contributed by atoms with Gasteiger partial charge in [-0.25, -0.2) is 4.99 Å². The molecule has 0 heterocycles. The Morgan fingerprint density at radius 1 is 1.35 bits per heavy atom. The Kier molecular flexibility index (Phi) is 7.22. The van der Waals surface area contributed by atoms with Crippen LogP contribution >= 0.6 is 11.8 Å². The fraction of sp³-hybridized carbons (Fsp3) is 0.357. The molecule has 1 aromatic rings. The molecule has 1 aromatic carbocycles. The van der Waals surface area contributed by atoms with Crippen molar-refractivity contribution in [3.05, 3.63) is 30.3 Å². The van der Waals surface area contributed by atoms with Gasteiger partial charge in [-0.1, -0.05) is 30.0 Å². The van der Waals surface area contributed by atoms with Crippen LogP contribution < -0.4 is 5.32 Å². The van der Waals surface area contributed by atoms with Gasteiger partial charge in [-0.15, -0.1) is 0 Å². The van der Waals surface area contributed by atoms with Gasteiger partial charge in [0.15, 0.2) is 11.4 Å². The van der Waals surface area contributed by atoms with E-state index in [1.165, 1.54) is 11.8 Å². The van der Waals surface area contributed by atoms with Gasteiger partial charge < -0.3 is 4.90 Å². The molecule has 106 valence electrons. The highest BCUT2D eigenvalue weighted by atomic mass is 32.2. The van der Waals surface area contributed by atoms with Crippen LogP contribution in [-0.2, 0) is 4.79 Å². The smallest absolute Gasteiger partial charge is 0.233 e. The number of benzene rings is 1. The molecule has 1 amide bonds. The topological polar surface area (TPSA) is 68.5 Å². The fourth-order valence-electron chi connectivity index (χ4n) is 1.56. The van der Waals surface area contributed by atoms with Gasteiger partial charge in [0.2, 0.25) is 5.91 Å². The van der Waals surface area contributed by atoms with Crippen LogP contribution in [0.3, 0.4) is 0 Å². The van der Waals surface area contributed by atoms with E-state index in [0.29, 0.717) is 18.3 Å². The summed E-state index contributed by atoms with van der Waals surface area (Å²) in [6, 6.07) is 9.31. The Labute approximate surface area is 123 Å². The van der Waals surface area contributed by atoms with Crippen molar-refractivity contribution in [3.8, 4) is 6.19 Å². The highest BCUT2D eigenvalue weighted by molar-refractivity contribution is 8.14. The van der Waals surface area contributed by atoms with E-state index in [2.05, 4.69) is 10.3 Å². The largest absolute Gasteiger partial charge is 0.343 e. The predicted octanol–water partition coefficient (Wildman–Crippen LogP) is 2.35. The number of nitriles is 1. The molecule has 6 heteroatoms. The number of hydrogen-bond acceptors (Lipinski definition) is 4. The Morgan fingerprint density at radius 2 is 2.00 bits per heavy atom. The Bertz CT molecular complexity index is 492. The van der Waals surface area contributed by atoms with Crippen molar-refractivity contribution in [1.29, 1.82) is 5.26 Å². The summed E-state index contributed by atoms with van der Waals surface area (Å²) in [7, 11) is 0. The number of carbonyl (C=O) groups excluding carboxylic acids is 1. The van der Waals surface area contributed by atoms with Crippen molar-refractivity contribution < 1.29 is 4.79 Å². The molecule has 0 bridgehead atoms. The maximum Gasteiger partial charge on any atom is 0.233 e. The maximum absolute atomic E-state index is 11.9. The van der Waals surface area contributed by atoms with Gasteiger partial charge in [0.1, 0.15) is 0 Å². The van der Waals surface area contributed by atoms with Gasteiger partial charge in [0.25, 0.3) is 0 Å². The van der Waals surface area contributed by atoms with Crippen LogP contribution in [0.5, 0.6) is 0 Å². The van der Waals surface area contributed by atoms with Crippen LogP contribution in [-0.4, -0.2) is 34.8 Å². The van der Waals surface area contributed by atoms with Gasteiger partial charge in [-0.2, -0.15) is 5.26 Å². The first-order valence-electron chi connectivity index (χ1n) is 6.40. The molecule has 0 saturated heterocycles. The van der Waals surface area contributed by atoms with Crippen molar-refractivity contribution in [2.75, 3.05) is 18.8 Å². The van der Waals surface area contributed by atoms with Crippen LogP contribution in [0.2, 0.25) is 0 Å². The van der Waals surface area contributed by atoms with E-state index in [9.17, 15) is 4.79 Å². The molecule has 0 fully saturated rings. The van der Waals surface area contributed by atoms with Crippen LogP contribution in [0, 0.1) is 11.5 Å². The zero-order chi connectivity index (χ0) is 14.8. The number of rotatable bonds is 5. The third-order valence-electron chi connectivity index (χ3n) is 2.60. The van der Waals surface area contributed by atoms with E-state index < -0.39 is 0 Å². The second kappa shape index (κ2) is 8.99. The number of para-hydroxylation sites is 1. The number of nitrogens with one attached hydrogen (secondary N) is 1. The zero-order valence-electron chi connectivity index (χ0n) is 11.7. The van der Waals surface area contributed by atoms with Crippen molar-refractivity contribution >= 4 is 28.5 Å². The molecule has 1 rings (SSSR count). The van der Waals surface area contributed by atoms with Crippen molar-refractivity contribution in [2.24, 2.45) is 4.99 Å². The molecule has 0 saturated carbocycles. The summed E-state index contributed by atoms with van der Waals surface area (Å²) < 4.78 is 0. The zero-order valence-corrected chi connectivity index (χ0v) is 12.5. The van der Waals surface area contributed by atoms with Crippen molar-refractivity contribution in [2.45, 2.75) is 13.8 Å². The minimum absolute atomic E-state index is 0.0421. The third-order valence-corrected chi connectivity index (χ3v) is 3.46. The molecule has 0 aliphatic heterocycles. The average molecular weight is 290 g/mol. The number of thioether (sulfide) groups is 1. The number of hydrogen-bond donors (Lipinski definition) is 1. The number of carbonyl (C=O) groups is 1. The number of aliphatic imine (C=N–C) groups is 1. The minimum Gasteiger partial charge on any atom is -0.343 e. The standard InChI is InChI=1S/C14H18N4OS/c1-3-18(4-2)13(19)10-20-14(16-11-15)17-12-8-6-5-7-9-12/h5-9H,3-4,10H2,1-2H3,(H,16,17). The van der Waals surface area contributed by atoms with Crippen molar-refractivity contribution in [3.63, 3.8) is 0 Å². The molecule has 0 unspecified atom stereocenters. The lowest BCUT2D eigenvalue weighted by atomic mass is 10.3. The average Bonchev–Trinajstić information content (AvgIpc) is 2.47. The van der Waals surface area contributed by atoms with Gasteiger partial charge in [-0.3, -0.25) is 10.1 Å². The molecule has 1 N–H and O–H groups in total. The Morgan fingerprint density at radius 3 is 2.55 bits per heavy atom. The maximum atomic E-state index is 11.9. The second-order valence-corrected chi connectivity index (χ2v) is 4.81. The molecule has 0 aromatic heterocycles. The summed E-state index contributed by atoms with van der Waals surface area (Å²) in [6.07, 6.45) is 1.84. The highest BCUT2D eigenvalue weighted by Crippen LogP contribution is 2.14. The monoisotopic (exact) mass is 290 g/mol. The lowest BCUT2D eigenvalue weighted by Crippen LogP contribution is -2.32. The van der Waals surface area contributed by atoms with Crippen LogP contribution in [0.4, 0.5) is 5.69 Å². The molecule has 20 heavy (non-hydrogen) atoms. The fourth-order valence-corrected chi connectivity index (χ4v) is 2.29. The van der Waals surface area contributed by atoms with Gasteiger partial charge in [-0.05, 0) is 26.0 Å². The van der Waals surface area contributed by atoms with E-state index in [0.717, 1.165) is 5.69 Å². The van der Waals surface area contributed by atoms with Crippen molar-refractivity contribution in [1.82, 2.24) is 10.2 Å². The summed E-state index contributed by atoms with van der Waals surface area (Å²) in [4.78, 5) is 18.0. The minimum atomic E-state index is 0.0421. The molecular weight excluding hydrogens is 272 g/mol. The SMILES string of the molecule is CCN(CC)C(=O)CSC(=Nc1ccccc1)NC#N. The molecule has 0 aliphatic carbocycles. The first kappa shape index (κ1) is 16.1. The van der Waals surface area contributed by atoms with Gasteiger partial charge in [0.05, 0.1) is 11.4 Å². The van der Waals surface area contributed by atoms with Crippen LogP contribution in [0.15, 0.2) is 35.3 Å². The van der Waals surface area contributed by atoms with Gasteiger partial charge >= 0.3 is 0 Å². The molecule has 0 radical (unpaired) electrons. The van der Waals surface area contributed by atoms with E-state index in [4.69, 9.17) is 5.26 Å². The lowest BCUT2D eigenvalue weighted by molar-refractivity contribution is -0.127. The summed E-state index contributed by atoms with van der Waals surface area (Å²) in [5, 5.41) is 11.7. The summed E-state index contributed by atoms with van der Waals surface area (Å²) in [6.45, 7) is 5.26. The van der Waals surface area contributed by atoms with E-state index >= 15 is 0 Å². The Balaban J connectivity index is 2.67. The lowest BCUT2D eigenvalue weighted by Gasteiger charge is -2.18. The number of amidine groups is 1. The molecule has 0 spiro atoms. The molecular formula is C14H18N4OS. The molecule has 0 aliphatic rings. The number of nitrogens with zero attached hydrogens (tertiary/aromatic N) is 3. The number of amides is 1. The summed E-state index contributed by atoms with van der Waals surface area (Å²) in [5.41, 5.74) is 0.744. The quantitative estimate of drug-likeness (QED) is 0.391. The van der Waals surface area contributed by atoms with E-state index in [-0.39, 0.29) is 11.7 Å². The first-order chi connectivity index (χ1) is 9.71. The predicted molar refractivity (Wildman–Crippen MR) is 82.7 cm³/mol. The van der Waals surface area contributed by atoms with Crippen LogP contribution in [0.1, 0.15) is 13.8 Å². The van der Waals surface area contributed by atoms with E-state index in [1.807, 2.05) is 50.4 Å². The summed E-state index contributed by atoms with van der Waals surface area (Å²) >= 11 is 1.23. The third kappa shape index (κ3) is 5.33. The van der Waals surface area contributed by atoms with Gasteiger partial charge in [0, 0.05) is 13.1 Å². The Hall–Kier alpha value is -2.00.